The Kier molecular flexibility index (Phi) is 12.3. The average Bonchev–Trinajstić information content (AvgIpc) is 3.57. The molecule has 5 aliphatic rings. The average molecular weight is 814 g/mol. The first-order chi connectivity index (χ1) is 27.2. The van der Waals surface area contributed by atoms with E-state index in [9.17, 15) is 18.0 Å². The van der Waals surface area contributed by atoms with E-state index in [2.05, 4.69) is 29.0 Å². The molecule has 4 heterocycles. The van der Waals surface area contributed by atoms with Crippen LogP contribution < -0.4 is 10.2 Å². The zero-order chi connectivity index (χ0) is 40.5. The molecule has 0 bridgehead atoms. The van der Waals surface area contributed by atoms with Gasteiger partial charge in [-0.1, -0.05) is 26.3 Å². The van der Waals surface area contributed by atoms with Gasteiger partial charge in [-0.05, 0) is 130 Å². The number of carbonyl (C=O) groups excluding carboxylic acids is 2. The summed E-state index contributed by atoms with van der Waals surface area (Å²) < 4.78 is 77.9. The van der Waals surface area contributed by atoms with Gasteiger partial charge in [-0.15, -0.1) is 0 Å². The molecule has 0 aromatic heterocycles. The smallest absolute Gasteiger partial charge is 0.407 e. The van der Waals surface area contributed by atoms with Crippen LogP contribution in [0.1, 0.15) is 64.4 Å². The Morgan fingerprint density at radius 1 is 0.947 bits per heavy atom. The highest BCUT2D eigenvalue weighted by Crippen LogP contribution is 2.52. The van der Waals surface area contributed by atoms with E-state index in [4.69, 9.17) is 4.74 Å². The number of alkyl halides is 1. The number of carbonyl (C=O) groups is 2. The SMILES string of the molecule is COC(=O)N[C@H]1CCC[C@@H]1[C@](CN1CCC1)(c1cc(F)cc(F)c1)C1CCN(CC2(F)CN(c3ccc(S(=O)(=O)C4CN(C(=O)/C=C/CC(C)C)C4)cc3)C2)CC1. The van der Waals surface area contributed by atoms with Crippen molar-refractivity contribution in [3.63, 3.8) is 0 Å². The van der Waals surface area contributed by atoms with E-state index in [-0.39, 0.29) is 61.4 Å². The summed E-state index contributed by atoms with van der Waals surface area (Å²) in [7, 11) is -2.27. The van der Waals surface area contributed by atoms with Crippen LogP contribution in [0.5, 0.6) is 0 Å². The lowest BCUT2D eigenvalue weighted by Crippen LogP contribution is -2.65. The summed E-state index contributed by atoms with van der Waals surface area (Å²) in [5.74, 6) is -0.955. The van der Waals surface area contributed by atoms with Crippen molar-refractivity contribution in [1.29, 1.82) is 0 Å². The second kappa shape index (κ2) is 16.9. The van der Waals surface area contributed by atoms with Crippen LogP contribution in [0.2, 0.25) is 0 Å². The lowest BCUT2D eigenvalue weighted by Gasteiger charge is -2.54. The van der Waals surface area contributed by atoms with Crippen molar-refractivity contribution in [3.8, 4) is 0 Å². The highest BCUT2D eigenvalue weighted by Gasteiger charge is 2.54. The van der Waals surface area contributed by atoms with Gasteiger partial charge >= 0.3 is 6.09 Å². The van der Waals surface area contributed by atoms with Crippen LogP contribution in [-0.4, -0.2) is 125 Å². The van der Waals surface area contributed by atoms with Gasteiger partial charge in [0.05, 0.1) is 25.1 Å². The summed E-state index contributed by atoms with van der Waals surface area (Å²) in [5.41, 5.74) is -0.673. The summed E-state index contributed by atoms with van der Waals surface area (Å²) in [6.45, 7) is 8.85. The molecular formula is C43H58F3N5O5S. The maximum atomic E-state index is 16.3. The zero-order valence-electron chi connectivity index (χ0n) is 33.5. The fourth-order valence-electron chi connectivity index (χ4n) is 10.1. The van der Waals surface area contributed by atoms with Crippen molar-refractivity contribution in [3.05, 3.63) is 71.8 Å². The zero-order valence-corrected chi connectivity index (χ0v) is 34.3. The van der Waals surface area contributed by atoms with Gasteiger partial charge in [0.1, 0.15) is 16.9 Å². The van der Waals surface area contributed by atoms with Crippen LogP contribution in [0.25, 0.3) is 0 Å². The molecule has 2 amide bonds. The number of alkyl carbamates (subject to hydrolysis) is 1. The van der Waals surface area contributed by atoms with E-state index in [1.165, 1.54) is 25.3 Å². The number of likely N-dealkylation sites (tertiary alicyclic amines) is 3. The predicted molar refractivity (Wildman–Crippen MR) is 214 cm³/mol. The number of nitrogens with zero attached hydrogens (tertiary/aromatic N) is 4. The lowest BCUT2D eigenvalue weighted by molar-refractivity contribution is -0.129. The Morgan fingerprint density at radius 3 is 2.21 bits per heavy atom. The molecule has 1 N–H and O–H groups in total. The second-order valence-corrected chi connectivity index (χ2v) is 19.8. The number of rotatable bonds is 14. The molecule has 5 fully saturated rings. The van der Waals surface area contributed by atoms with Crippen molar-refractivity contribution in [2.75, 3.05) is 77.5 Å². The number of nitrogens with one attached hydrogen (secondary N) is 1. The van der Waals surface area contributed by atoms with E-state index < -0.39 is 43.9 Å². The summed E-state index contributed by atoms with van der Waals surface area (Å²) >= 11 is 0. The van der Waals surface area contributed by atoms with Gasteiger partial charge in [0.2, 0.25) is 5.91 Å². The second-order valence-electron chi connectivity index (χ2n) is 17.6. The molecule has 1 aliphatic carbocycles. The molecule has 10 nitrogen and oxygen atoms in total. The van der Waals surface area contributed by atoms with E-state index in [1.807, 2.05) is 11.0 Å². The predicted octanol–water partition coefficient (Wildman–Crippen LogP) is 5.96. The van der Waals surface area contributed by atoms with Gasteiger partial charge in [0.25, 0.3) is 0 Å². The molecule has 57 heavy (non-hydrogen) atoms. The molecule has 14 heteroatoms. The van der Waals surface area contributed by atoms with Crippen LogP contribution in [0.4, 0.5) is 23.7 Å². The minimum atomic E-state index is -3.61. The van der Waals surface area contributed by atoms with Crippen LogP contribution in [0.15, 0.2) is 59.5 Å². The molecular weight excluding hydrogens is 756 g/mol. The molecule has 312 valence electrons. The number of anilines is 1. The van der Waals surface area contributed by atoms with Gasteiger partial charge in [-0.2, -0.15) is 0 Å². The molecule has 2 aromatic carbocycles. The molecule has 7 rings (SSSR count). The number of hydrogen-bond donors (Lipinski definition) is 1. The van der Waals surface area contributed by atoms with Crippen molar-refractivity contribution in [2.45, 2.75) is 86.1 Å². The minimum absolute atomic E-state index is 0.0545. The molecule has 1 saturated carbocycles. The van der Waals surface area contributed by atoms with Crippen LogP contribution in [-0.2, 0) is 24.8 Å². The molecule has 4 aliphatic heterocycles. The highest BCUT2D eigenvalue weighted by atomic mass is 32.2. The molecule has 0 spiro atoms. The third-order valence-electron chi connectivity index (χ3n) is 13.3. The lowest BCUT2D eigenvalue weighted by atomic mass is 9.57. The van der Waals surface area contributed by atoms with Gasteiger partial charge < -0.3 is 24.8 Å². The fraction of sp³-hybridized carbons (Fsp3) is 0.628. The fourth-order valence-corrected chi connectivity index (χ4v) is 11.8. The quantitative estimate of drug-likeness (QED) is 0.234. The normalized spacial score (nSPS) is 24.5. The van der Waals surface area contributed by atoms with Crippen molar-refractivity contribution in [1.82, 2.24) is 20.0 Å². The van der Waals surface area contributed by atoms with Crippen molar-refractivity contribution >= 4 is 27.5 Å². The molecule has 4 saturated heterocycles. The third-order valence-corrected chi connectivity index (χ3v) is 15.4. The number of piperidine rings is 1. The first-order valence-corrected chi connectivity index (χ1v) is 22.2. The number of amides is 2. The Bertz CT molecular complexity index is 1870. The van der Waals surface area contributed by atoms with Crippen LogP contribution in [0.3, 0.4) is 0 Å². The summed E-state index contributed by atoms with van der Waals surface area (Å²) in [6, 6.07) is 10.3. The first-order valence-electron chi connectivity index (χ1n) is 20.7. The summed E-state index contributed by atoms with van der Waals surface area (Å²) in [6.07, 6.45) is 8.62. The Morgan fingerprint density at radius 2 is 1.61 bits per heavy atom. The maximum absolute atomic E-state index is 16.3. The standard InChI is InChI=1S/C43H58F3N5O5S/c1-30(2)7-4-10-40(52)50-24-37(25-50)57(54,55)36-13-11-35(12-14-36)51-27-42(46,28-51)26-49-19-15-31(16-20-49)43(29-48-17-6-18-48,32-21-33(44)23-34(45)22-32)38-8-5-9-39(38)47-41(53)56-3/h4,10-14,21-23,30-31,37-39H,5-9,15-20,24-29H2,1-3H3,(H,47,53)/b10-4+/t38-,39-,43-/m0/s1. The monoisotopic (exact) mass is 813 g/mol. The number of methoxy groups -OCH3 is 1. The minimum Gasteiger partial charge on any atom is -0.453 e. The number of halogens is 3. The molecule has 0 unspecified atom stereocenters. The number of benzene rings is 2. The van der Waals surface area contributed by atoms with Gasteiger partial charge in [0.15, 0.2) is 15.5 Å². The topological polar surface area (TPSA) is 102 Å². The Hall–Kier alpha value is -3.62. The highest BCUT2D eigenvalue weighted by molar-refractivity contribution is 7.92. The van der Waals surface area contributed by atoms with Crippen molar-refractivity contribution in [2.24, 2.45) is 17.8 Å². The van der Waals surface area contributed by atoms with Crippen LogP contribution in [0, 0.1) is 29.4 Å². The number of hydrogen-bond acceptors (Lipinski definition) is 8. The Labute approximate surface area is 335 Å². The molecule has 0 radical (unpaired) electrons. The van der Waals surface area contributed by atoms with Crippen molar-refractivity contribution < 1.29 is 35.9 Å². The number of sulfone groups is 1. The van der Waals surface area contributed by atoms with Crippen LogP contribution >= 0.6 is 0 Å². The van der Waals surface area contributed by atoms with E-state index in [0.29, 0.717) is 31.1 Å². The molecule has 3 atom stereocenters. The van der Waals surface area contributed by atoms with Gasteiger partial charge in [0, 0.05) is 49.4 Å². The third kappa shape index (κ3) is 8.88. The van der Waals surface area contributed by atoms with E-state index >= 15 is 13.2 Å². The van der Waals surface area contributed by atoms with E-state index in [1.54, 1.807) is 29.2 Å². The summed E-state index contributed by atoms with van der Waals surface area (Å²) in [5, 5.41) is 2.41. The first kappa shape index (κ1) is 41.5. The van der Waals surface area contributed by atoms with Gasteiger partial charge in [-0.3, -0.25) is 9.69 Å². The van der Waals surface area contributed by atoms with Gasteiger partial charge in [-0.25, -0.2) is 26.4 Å². The Balaban J connectivity index is 0.976. The number of ether oxygens (including phenoxy) is 1. The molecule has 2 aromatic rings. The van der Waals surface area contributed by atoms with E-state index in [0.717, 1.165) is 69.8 Å². The number of allylic oxidation sites excluding steroid dienone is 1. The maximum Gasteiger partial charge on any atom is 0.407 e. The summed E-state index contributed by atoms with van der Waals surface area (Å²) in [4.78, 5) is 33.1. The largest absolute Gasteiger partial charge is 0.453 e.